The van der Waals surface area contributed by atoms with Gasteiger partial charge in [-0.3, -0.25) is 0 Å². The van der Waals surface area contributed by atoms with Crippen LogP contribution in [0, 0.1) is 0 Å². The van der Waals surface area contributed by atoms with Crippen LogP contribution >= 0.6 is 0 Å². The van der Waals surface area contributed by atoms with Gasteiger partial charge in [-0.2, -0.15) is 0 Å². The van der Waals surface area contributed by atoms with Crippen LogP contribution < -0.4 is 5.32 Å². The van der Waals surface area contributed by atoms with Gasteiger partial charge in [0.05, 0.1) is 0 Å². The molecule has 0 saturated carbocycles. The molecule has 106 valence electrons. The molecule has 2 aliphatic rings. The summed E-state index contributed by atoms with van der Waals surface area (Å²) in [5.74, 6) is 0. The van der Waals surface area contributed by atoms with Gasteiger partial charge in [-0.25, -0.2) is 0 Å². The predicted molar refractivity (Wildman–Crippen MR) is 78.0 cm³/mol. The van der Waals surface area contributed by atoms with Crippen molar-refractivity contribution in [3.05, 3.63) is 0 Å². The van der Waals surface area contributed by atoms with E-state index >= 15 is 0 Å². The lowest BCUT2D eigenvalue weighted by Gasteiger charge is -2.33. The third-order valence-electron chi connectivity index (χ3n) is 4.63. The minimum Gasteiger partial charge on any atom is -0.313 e. The Labute approximate surface area is 113 Å². The highest BCUT2D eigenvalue weighted by Crippen LogP contribution is 2.17. The Bertz CT molecular complexity index is 232. The first-order valence-electron chi connectivity index (χ1n) is 7.99. The van der Waals surface area contributed by atoms with Crippen LogP contribution in [0.2, 0.25) is 0 Å². The van der Waals surface area contributed by atoms with Crippen molar-refractivity contribution < 1.29 is 0 Å². The van der Waals surface area contributed by atoms with Crippen LogP contribution in [0.5, 0.6) is 0 Å². The number of hydrogen-bond acceptors (Lipinski definition) is 3. The van der Waals surface area contributed by atoms with Gasteiger partial charge in [0, 0.05) is 18.6 Å². The number of rotatable bonds is 6. The van der Waals surface area contributed by atoms with E-state index in [1.165, 1.54) is 64.8 Å². The normalized spacial score (nSPS) is 31.0. The van der Waals surface area contributed by atoms with Crippen LogP contribution in [0.3, 0.4) is 0 Å². The van der Waals surface area contributed by atoms with E-state index in [0.29, 0.717) is 0 Å². The smallest absolute Gasteiger partial charge is 0.0207 e. The summed E-state index contributed by atoms with van der Waals surface area (Å²) < 4.78 is 0. The summed E-state index contributed by atoms with van der Waals surface area (Å²) in [5, 5.41) is 3.57. The zero-order valence-corrected chi connectivity index (χ0v) is 12.3. The van der Waals surface area contributed by atoms with E-state index in [2.05, 4.69) is 29.0 Å². The number of likely N-dealkylation sites (N-methyl/N-ethyl adjacent to an activating group) is 1. The van der Waals surface area contributed by atoms with E-state index in [9.17, 15) is 0 Å². The molecule has 1 N–H and O–H groups in total. The molecule has 0 aromatic heterocycles. The summed E-state index contributed by atoms with van der Waals surface area (Å²) in [6, 6.07) is 1.58. The molecule has 3 nitrogen and oxygen atoms in total. The van der Waals surface area contributed by atoms with Gasteiger partial charge in [-0.1, -0.05) is 13.3 Å². The van der Waals surface area contributed by atoms with Crippen LogP contribution in [0.25, 0.3) is 0 Å². The highest BCUT2D eigenvalue weighted by Gasteiger charge is 2.22. The van der Waals surface area contributed by atoms with Crippen LogP contribution in [0.1, 0.15) is 46.0 Å². The molecule has 2 heterocycles. The SMILES string of the molecule is CCNC1CCN(CCCN2CCCCC2C)C1. The Hall–Kier alpha value is -0.120. The fourth-order valence-corrected chi connectivity index (χ4v) is 3.48. The van der Waals surface area contributed by atoms with E-state index in [-0.39, 0.29) is 0 Å². The number of hydrogen-bond donors (Lipinski definition) is 1. The summed E-state index contributed by atoms with van der Waals surface area (Å²) in [6.45, 7) is 12.2. The van der Waals surface area contributed by atoms with Gasteiger partial charge < -0.3 is 15.1 Å². The molecule has 2 unspecified atom stereocenters. The second-order valence-electron chi connectivity index (χ2n) is 6.08. The molecule has 0 aromatic rings. The molecular weight excluding hydrogens is 222 g/mol. The second-order valence-corrected chi connectivity index (χ2v) is 6.08. The van der Waals surface area contributed by atoms with Gasteiger partial charge in [0.1, 0.15) is 0 Å². The predicted octanol–water partition coefficient (Wildman–Crippen LogP) is 1.93. The maximum atomic E-state index is 3.57. The molecule has 2 aliphatic heterocycles. The van der Waals surface area contributed by atoms with Gasteiger partial charge >= 0.3 is 0 Å². The average molecular weight is 253 g/mol. The van der Waals surface area contributed by atoms with Gasteiger partial charge in [-0.05, 0) is 65.3 Å². The Kier molecular flexibility index (Phi) is 5.93. The van der Waals surface area contributed by atoms with Crippen molar-refractivity contribution >= 4 is 0 Å². The molecule has 0 amide bonds. The highest BCUT2D eigenvalue weighted by atomic mass is 15.2. The third-order valence-corrected chi connectivity index (χ3v) is 4.63. The number of nitrogens with zero attached hydrogens (tertiary/aromatic N) is 2. The highest BCUT2D eigenvalue weighted by molar-refractivity contribution is 4.81. The largest absolute Gasteiger partial charge is 0.313 e. The molecule has 0 aromatic carbocycles. The van der Waals surface area contributed by atoms with E-state index in [1.54, 1.807) is 0 Å². The van der Waals surface area contributed by atoms with Crippen molar-refractivity contribution in [3.8, 4) is 0 Å². The lowest BCUT2D eigenvalue weighted by Crippen LogP contribution is -2.39. The minimum atomic E-state index is 0.754. The molecular formula is C15H31N3. The lowest BCUT2D eigenvalue weighted by molar-refractivity contribution is 0.152. The quantitative estimate of drug-likeness (QED) is 0.780. The topological polar surface area (TPSA) is 18.5 Å². The van der Waals surface area contributed by atoms with Crippen LogP contribution in [-0.2, 0) is 0 Å². The van der Waals surface area contributed by atoms with Crippen molar-refractivity contribution in [1.82, 2.24) is 15.1 Å². The molecule has 0 bridgehead atoms. The Balaban J connectivity index is 1.58. The Morgan fingerprint density at radius 1 is 1.11 bits per heavy atom. The van der Waals surface area contributed by atoms with Crippen molar-refractivity contribution in [3.63, 3.8) is 0 Å². The summed E-state index contributed by atoms with van der Waals surface area (Å²) in [6.07, 6.45) is 6.95. The second kappa shape index (κ2) is 7.46. The lowest BCUT2D eigenvalue weighted by atomic mass is 10.0. The molecule has 0 aliphatic carbocycles. The van der Waals surface area contributed by atoms with Gasteiger partial charge in [0.25, 0.3) is 0 Å². The van der Waals surface area contributed by atoms with Crippen molar-refractivity contribution in [2.24, 2.45) is 0 Å². The molecule has 18 heavy (non-hydrogen) atoms. The standard InChI is InChI=1S/C15H31N3/c1-3-16-15-8-12-17(13-15)9-6-11-18-10-5-4-7-14(18)2/h14-16H,3-13H2,1-2H3. The fourth-order valence-electron chi connectivity index (χ4n) is 3.48. The van der Waals surface area contributed by atoms with E-state index in [1.807, 2.05) is 0 Å². The molecule has 0 radical (unpaired) electrons. The number of likely N-dealkylation sites (tertiary alicyclic amines) is 2. The fraction of sp³-hybridized carbons (Fsp3) is 1.00. The van der Waals surface area contributed by atoms with Crippen molar-refractivity contribution in [2.45, 2.75) is 58.0 Å². The van der Waals surface area contributed by atoms with Crippen LogP contribution in [0.4, 0.5) is 0 Å². The average Bonchev–Trinajstić information content (AvgIpc) is 2.80. The van der Waals surface area contributed by atoms with Crippen LogP contribution in [0.15, 0.2) is 0 Å². The zero-order valence-electron chi connectivity index (χ0n) is 12.3. The Morgan fingerprint density at radius 2 is 2.00 bits per heavy atom. The summed E-state index contributed by atoms with van der Waals surface area (Å²) in [4.78, 5) is 5.34. The maximum absolute atomic E-state index is 3.57. The zero-order chi connectivity index (χ0) is 12.8. The monoisotopic (exact) mass is 253 g/mol. The molecule has 3 heteroatoms. The van der Waals surface area contributed by atoms with Crippen molar-refractivity contribution in [2.75, 3.05) is 39.3 Å². The molecule has 2 fully saturated rings. The van der Waals surface area contributed by atoms with E-state index in [4.69, 9.17) is 0 Å². The van der Waals surface area contributed by atoms with Gasteiger partial charge in [0.2, 0.25) is 0 Å². The molecule has 0 spiro atoms. The first-order valence-corrected chi connectivity index (χ1v) is 7.99. The molecule has 2 saturated heterocycles. The van der Waals surface area contributed by atoms with Gasteiger partial charge in [0.15, 0.2) is 0 Å². The summed E-state index contributed by atoms with van der Waals surface area (Å²) in [7, 11) is 0. The minimum absolute atomic E-state index is 0.754. The van der Waals surface area contributed by atoms with Crippen LogP contribution in [-0.4, -0.2) is 61.2 Å². The number of nitrogens with one attached hydrogen (secondary N) is 1. The van der Waals surface area contributed by atoms with E-state index < -0.39 is 0 Å². The molecule has 2 rings (SSSR count). The first kappa shape index (κ1) is 14.3. The Morgan fingerprint density at radius 3 is 2.78 bits per heavy atom. The first-order chi connectivity index (χ1) is 8.79. The van der Waals surface area contributed by atoms with Crippen molar-refractivity contribution in [1.29, 1.82) is 0 Å². The third kappa shape index (κ3) is 4.22. The van der Waals surface area contributed by atoms with Gasteiger partial charge in [-0.15, -0.1) is 0 Å². The number of piperidine rings is 1. The summed E-state index contributed by atoms with van der Waals surface area (Å²) in [5.41, 5.74) is 0. The summed E-state index contributed by atoms with van der Waals surface area (Å²) >= 11 is 0. The molecule has 2 atom stereocenters. The van der Waals surface area contributed by atoms with E-state index in [0.717, 1.165) is 18.6 Å². The maximum Gasteiger partial charge on any atom is 0.0207 e.